The van der Waals surface area contributed by atoms with Crippen LogP contribution in [0, 0.1) is 0 Å². The van der Waals surface area contributed by atoms with Crippen LogP contribution < -0.4 is 11.1 Å². The normalized spacial score (nSPS) is 15.1. The molecule has 0 fully saturated rings. The molecule has 0 spiro atoms. The lowest BCUT2D eigenvalue weighted by Gasteiger charge is -2.33. The van der Waals surface area contributed by atoms with Gasteiger partial charge in [0, 0.05) is 18.8 Å². The van der Waals surface area contributed by atoms with Gasteiger partial charge in [-0.05, 0) is 48.7 Å². The minimum absolute atomic E-state index is 0.0258. The summed E-state index contributed by atoms with van der Waals surface area (Å²) in [5, 5.41) is 12.9. The number of hydrogen-bond donors (Lipinski definition) is 3. The molecule has 3 aromatic rings. The van der Waals surface area contributed by atoms with E-state index in [0.717, 1.165) is 30.8 Å². The highest BCUT2D eigenvalue weighted by Crippen LogP contribution is 2.28. The first-order chi connectivity index (χ1) is 13.1. The summed E-state index contributed by atoms with van der Waals surface area (Å²) < 4.78 is 0. The van der Waals surface area contributed by atoms with E-state index in [1.807, 2.05) is 42.5 Å². The largest absolute Gasteiger partial charge is 0.508 e. The van der Waals surface area contributed by atoms with Crippen molar-refractivity contribution in [1.82, 2.24) is 19.9 Å². The van der Waals surface area contributed by atoms with E-state index < -0.39 is 0 Å². The molecule has 4 N–H and O–H groups in total. The molecule has 0 bridgehead atoms. The molecule has 7 heteroatoms. The molecule has 0 aliphatic carbocycles. The summed E-state index contributed by atoms with van der Waals surface area (Å²) in [6.07, 6.45) is 0.926. The Morgan fingerprint density at radius 1 is 1.07 bits per heavy atom. The van der Waals surface area contributed by atoms with Gasteiger partial charge in [-0.3, -0.25) is 4.90 Å². The number of aromatic nitrogens is 3. The minimum atomic E-state index is -0.0258. The summed E-state index contributed by atoms with van der Waals surface area (Å²) >= 11 is 0. The Morgan fingerprint density at radius 2 is 1.89 bits per heavy atom. The van der Waals surface area contributed by atoms with Gasteiger partial charge in [0.1, 0.15) is 5.75 Å². The van der Waals surface area contributed by atoms with Crippen LogP contribution in [0.3, 0.4) is 0 Å². The summed E-state index contributed by atoms with van der Waals surface area (Å²) in [5.41, 5.74) is 9.23. The van der Waals surface area contributed by atoms with Crippen LogP contribution in [0.2, 0.25) is 0 Å². The number of nitrogens with one attached hydrogen (secondary N) is 1. The van der Waals surface area contributed by atoms with Gasteiger partial charge in [0.15, 0.2) is 5.82 Å². The molecule has 1 aliphatic heterocycles. The monoisotopic (exact) mass is 362 g/mol. The standard InChI is InChI=1S/C20H22N6O/c1-13(26-10-9-14-7-8-17(27)11-15(14)12-26)18-23-19(21)25-20(24-18)22-16-5-3-2-4-6-16/h2-8,11,13,27H,9-10,12H2,1H3,(H3,21,22,23,24,25)/t13-/m0/s1. The average Bonchev–Trinajstić information content (AvgIpc) is 2.67. The number of hydrogen-bond acceptors (Lipinski definition) is 7. The van der Waals surface area contributed by atoms with Crippen LogP contribution in [0.1, 0.15) is 29.9 Å². The van der Waals surface area contributed by atoms with Gasteiger partial charge in [0.25, 0.3) is 0 Å². The highest BCUT2D eigenvalue weighted by Gasteiger charge is 2.24. The fourth-order valence-corrected chi connectivity index (χ4v) is 3.36. The molecule has 27 heavy (non-hydrogen) atoms. The van der Waals surface area contributed by atoms with E-state index in [1.54, 1.807) is 6.07 Å². The zero-order valence-corrected chi connectivity index (χ0v) is 15.1. The summed E-state index contributed by atoms with van der Waals surface area (Å²) in [5.74, 6) is 1.55. The number of benzene rings is 2. The number of nitrogens with two attached hydrogens (primary N) is 1. The number of rotatable bonds is 4. The molecule has 138 valence electrons. The van der Waals surface area contributed by atoms with Crippen LogP contribution in [-0.2, 0) is 13.0 Å². The van der Waals surface area contributed by atoms with Crippen molar-refractivity contribution < 1.29 is 5.11 Å². The third-order valence-electron chi connectivity index (χ3n) is 4.85. The topological polar surface area (TPSA) is 100 Å². The number of aromatic hydroxyl groups is 1. The molecule has 1 aromatic heterocycles. The van der Waals surface area contributed by atoms with Gasteiger partial charge in [-0.25, -0.2) is 0 Å². The zero-order valence-electron chi connectivity index (χ0n) is 15.1. The molecule has 0 amide bonds. The Balaban J connectivity index is 1.56. The van der Waals surface area contributed by atoms with Gasteiger partial charge in [-0.15, -0.1) is 0 Å². The predicted octanol–water partition coefficient (Wildman–Crippen LogP) is 3.02. The molecule has 0 unspecified atom stereocenters. The van der Waals surface area contributed by atoms with Crippen molar-refractivity contribution in [3.05, 3.63) is 65.5 Å². The number of phenols is 1. The fraction of sp³-hybridized carbons (Fsp3) is 0.250. The van der Waals surface area contributed by atoms with Crippen molar-refractivity contribution in [2.45, 2.75) is 25.9 Å². The lowest BCUT2D eigenvalue weighted by molar-refractivity contribution is 0.185. The highest BCUT2D eigenvalue weighted by atomic mass is 16.3. The maximum Gasteiger partial charge on any atom is 0.232 e. The first-order valence-corrected chi connectivity index (χ1v) is 8.97. The molecule has 0 saturated carbocycles. The summed E-state index contributed by atoms with van der Waals surface area (Å²) in [7, 11) is 0. The Labute approximate surface area is 157 Å². The molecule has 0 radical (unpaired) electrons. The van der Waals surface area contributed by atoms with Gasteiger partial charge in [0.2, 0.25) is 11.9 Å². The van der Waals surface area contributed by atoms with E-state index in [-0.39, 0.29) is 12.0 Å². The van der Waals surface area contributed by atoms with Crippen molar-refractivity contribution in [3.8, 4) is 5.75 Å². The molecule has 0 saturated heterocycles. The number of anilines is 3. The molecular weight excluding hydrogens is 340 g/mol. The minimum Gasteiger partial charge on any atom is -0.508 e. The van der Waals surface area contributed by atoms with Crippen molar-refractivity contribution in [1.29, 1.82) is 0 Å². The second kappa shape index (κ2) is 7.20. The molecule has 7 nitrogen and oxygen atoms in total. The second-order valence-corrected chi connectivity index (χ2v) is 6.72. The van der Waals surface area contributed by atoms with Crippen LogP contribution in [0.5, 0.6) is 5.75 Å². The molecule has 2 heterocycles. The van der Waals surface area contributed by atoms with E-state index in [0.29, 0.717) is 17.5 Å². The van der Waals surface area contributed by atoms with Gasteiger partial charge in [0.05, 0.1) is 6.04 Å². The van der Waals surface area contributed by atoms with Crippen LogP contribution >= 0.6 is 0 Å². The van der Waals surface area contributed by atoms with Gasteiger partial charge < -0.3 is 16.2 Å². The first kappa shape index (κ1) is 17.2. The first-order valence-electron chi connectivity index (χ1n) is 8.97. The van der Waals surface area contributed by atoms with Crippen molar-refractivity contribution in [3.63, 3.8) is 0 Å². The van der Waals surface area contributed by atoms with Crippen LogP contribution in [-0.4, -0.2) is 31.5 Å². The summed E-state index contributed by atoms with van der Waals surface area (Å²) in [6, 6.07) is 15.3. The van der Waals surface area contributed by atoms with Crippen molar-refractivity contribution in [2.24, 2.45) is 0 Å². The molecule has 4 rings (SSSR count). The van der Waals surface area contributed by atoms with E-state index >= 15 is 0 Å². The quantitative estimate of drug-likeness (QED) is 0.656. The number of phenolic OH excluding ortho intramolecular Hbond substituents is 1. The maximum atomic E-state index is 9.77. The third-order valence-corrected chi connectivity index (χ3v) is 4.85. The molecule has 1 atom stereocenters. The Morgan fingerprint density at radius 3 is 2.70 bits per heavy atom. The SMILES string of the molecule is C[C@@H](c1nc(N)nc(Nc2ccccc2)n1)N1CCc2ccc(O)cc2C1. The second-order valence-electron chi connectivity index (χ2n) is 6.72. The Bertz CT molecular complexity index is 946. The van der Waals surface area contributed by atoms with Gasteiger partial charge in [-0.2, -0.15) is 15.0 Å². The molecule has 2 aromatic carbocycles. The number of nitrogens with zero attached hydrogens (tertiary/aromatic N) is 4. The predicted molar refractivity (Wildman–Crippen MR) is 105 cm³/mol. The third kappa shape index (κ3) is 3.83. The van der Waals surface area contributed by atoms with Crippen LogP contribution in [0.4, 0.5) is 17.6 Å². The lowest BCUT2D eigenvalue weighted by Crippen LogP contribution is -2.34. The number of para-hydroxylation sites is 1. The Hall–Kier alpha value is -3.19. The average molecular weight is 362 g/mol. The smallest absolute Gasteiger partial charge is 0.232 e. The van der Waals surface area contributed by atoms with Gasteiger partial charge >= 0.3 is 0 Å². The van der Waals surface area contributed by atoms with E-state index in [4.69, 9.17) is 5.73 Å². The number of fused-ring (bicyclic) bond motifs is 1. The van der Waals surface area contributed by atoms with Gasteiger partial charge in [-0.1, -0.05) is 24.3 Å². The van der Waals surface area contributed by atoms with Crippen LogP contribution in [0.25, 0.3) is 0 Å². The van der Waals surface area contributed by atoms with E-state index in [9.17, 15) is 5.11 Å². The van der Waals surface area contributed by atoms with Crippen LogP contribution in [0.15, 0.2) is 48.5 Å². The Kier molecular flexibility index (Phi) is 4.60. The molecular formula is C20H22N6O. The maximum absolute atomic E-state index is 9.77. The zero-order chi connectivity index (χ0) is 18.8. The van der Waals surface area contributed by atoms with E-state index in [2.05, 4.69) is 32.1 Å². The fourth-order valence-electron chi connectivity index (χ4n) is 3.36. The lowest BCUT2D eigenvalue weighted by atomic mass is 9.98. The summed E-state index contributed by atoms with van der Waals surface area (Å²) in [6.45, 7) is 3.69. The summed E-state index contributed by atoms with van der Waals surface area (Å²) in [4.78, 5) is 15.4. The highest BCUT2D eigenvalue weighted by molar-refractivity contribution is 5.53. The number of nitrogen functional groups attached to an aromatic ring is 1. The van der Waals surface area contributed by atoms with Crippen molar-refractivity contribution >= 4 is 17.6 Å². The van der Waals surface area contributed by atoms with Crippen molar-refractivity contribution in [2.75, 3.05) is 17.6 Å². The molecule has 1 aliphatic rings. The van der Waals surface area contributed by atoms with E-state index in [1.165, 1.54) is 5.56 Å².